The summed E-state index contributed by atoms with van der Waals surface area (Å²) in [6, 6.07) is 8.49. The molecule has 186 valence electrons. The molecule has 0 unspecified atom stereocenters. The summed E-state index contributed by atoms with van der Waals surface area (Å²) >= 11 is 0. The number of terminal acetylenes is 2. The molecule has 2 saturated heterocycles. The molecule has 2 fully saturated rings. The molecule has 0 aromatic heterocycles. The van der Waals surface area contributed by atoms with E-state index in [1.165, 1.54) is 5.01 Å². The van der Waals surface area contributed by atoms with Gasteiger partial charge in [0.05, 0.1) is 26.2 Å². The number of carbonyl (C=O) groups excluding carboxylic acids is 3. The summed E-state index contributed by atoms with van der Waals surface area (Å²) in [5.74, 6) is 4.74. The van der Waals surface area contributed by atoms with Gasteiger partial charge in [0.2, 0.25) is 11.8 Å². The number of nitrogens with one attached hydrogen (secondary N) is 1. The highest BCUT2D eigenvalue weighted by molar-refractivity contribution is 5.91. The fourth-order valence-corrected chi connectivity index (χ4v) is 4.47. The second kappa shape index (κ2) is 12.3. The van der Waals surface area contributed by atoms with Crippen molar-refractivity contribution in [3.63, 3.8) is 0 Å². The first-order chi connectivity index (χ1) is 16.9. The molecule has 0 saturated carbocycles. The predicted octanol–water partition coefficient (Wildman–Crippen LogP) is 1.12. The fraction of sp³-hybridized carbons (Fsp3) is 0.500. The Morgan fingerprint density at radius 2 is 1.94 bits per heavy atom. The fourth-order valence-electron chi connectivity index (χ4n) is 4.47. The maximum Gasteiger partial charge on any atom is 0.334 e. The molecule has 35 heavy (non-hydrogen) atoms. The molecule has 0 spiro atoms. The molecule has 9 heteroatoms. The number of urea groups is 1. The molecule has 3 rings (SSSR count). The van der Waals surface area contributed by atoms with Crippen molar-refractivity contribution in [1.29, 1.82) is 0 Å². The number of rotatable bonds is 9. The lowest BCUT2D eigenvalue weighted by Crippen LogP contribution is -2.76. The van der Waals surface area contributed by atoms with Gasteiger partial charge in [0.25, 0.3) is 0 Å². The summed E-state index contributed by atoms with van der Waals surface area (Å²) in [6.07, 6.45) is 10.6. The summed E-state index contributed by atoms with van der Waals surface area (Å²) < 4.78 is 5.39. The first kappa shape index (κ1) is 26.1. The predicted molar refractivity (Wildman–Crippen MR) is 131 cm³/mol. The van der Waals surface area contributed by atoms with E-state index in [9.17, 15) is 14.4 Å². The van der Waals surface area contributed by atoms with Gasteiger partial charge < -0.3 is 19.9 Å². The molecule has 0 aliphatic carbocycles. The van der Waals surface area contributed by atoms with Crippen molar-refractivity contribution in [2.45, 2.75) is 39.0 Å². The standard InChI is InChI=1S/C26H33N5O4/c1-5-12-29-19-24(32)30-22(16-20(3)4)25(33)28(13-15-35-14-6-2)18-23(30)31(29)26(34)27-17-21-10-8-7-9-11-21/h1-2,7-11,20,22-23H,12-19H2,3-4H3,(H,27,34)/t22-,23-/m0/s1. The van der Waals surface area contributed by atoms with Crippen molar-refractivity contribution >= 4 is 17.8 Å². The maximum atomic E-state index is 13.5. The van der Waals surface area contributed by atoms with Crippen LogP contribution in [0.15, 0.2) is 30.3 Å². The zero-order valence-corrected chi connectivity index (χ0v) is 20.4. The summed E-state index contributed by atoms with van der Waals surface area (Å²) in [6.45, 7) is 5.20. The molecule has 4 amide bonds. The van der Waals surface area contributed by atoms with Crippen LogP contribution in [0.5, 0.6) is 0 Å². The molecule has 0 radical (unpaired) electrons. The third kappa shape index (κ3) is 6.33. The first-order valence-electron chi connectivity index (χ1n) is 11.8. The van der Waals surface area contributed by atoms with Crippen LogP contribution in [0, 0.1) is 30.6 Å². The number of benzene rings is 1. The van der Waals surface area contributed by atoms with Crippen molar-refractivity contribution in [3.8, 4) is 24.7 Å². The van der Waals surface area contributed by atoms with Gasteiger partial charge in [-0.2, -0.15) is 5.01 Å². The zero-order chi connectivity index (χ0) is 25.4. The van der Waals surface area contributed by atoms with Crippen LogP contribution in [0.2, 0.25) is 0 Å². The van der Waals surface area contributed by atoms with Crippen LogP contribution in [0.25, 0.3) is 0 Å². The Balaban J connectivity index is 1.88. The van der Waals surface area contributed by atoms with Gasteiger partial charge in [-0.3, -0.25) is 9.59 Å². The Morgan fingerprint density at radius 3 is 2.60 bits per heavy atom. The van der Waals surface area contributed by atoms with E-state index in [4.69, 9.17) is 17.6 Å². The lowest BCUT2D eigenvalue weighted by atomic mass is 9.97. The normalized spacial score (nSPS) is 20.4. The van der Waals surface area contributed by atoms with E-state index in [-0.39, 0.29) is 56.6 Å². The minimum atomic E-state index is -0.686. The monoisotopic (exact) mass is 479 g/mol. The van der Waals surface area contributed by atoms with E-state index in [1.54, 1.807) is 14.8 Å². The highest BCUT2D eigenvalue weighted by atomic mass is 16.5. The second-order valence-electron chi connectivity index (χ2n) is 8.98. The van der Waals surface area contributed by atoms with Crippen molar-refractivity contribution in [2.24, 2.45) is 5.92 Å². The minimum absolute atomic E-state index is 0.0768. The number of hydrogen-bond acceptors (Lipinski definition) is 5. The van der Waals surface area contributed by atoms with Gasteiger partial charge in [-0.05, 0) is 17.9 Å². The SMILES string of the molecule is C#CCOCCN1C[C@H]2N(C(=O)CN(CC#C)N2C(=O)NCc2ccccc2)[C@@H](CC(C)C)C1=O. The van der Waals surface area contributed by atoms with Crippen molar-refractivity contribution in [2.75, 3.05) is 39.4 Å². The van der Waals surface area contributed by atoms with Crippen LogP contribution in [0.4, 0.5) is 4.79 Å². The average molecular weight is 480 g/mol. The third-order valence-electron chi connectivity index (χ3n) is 5.98. The van der Waals surface area contributed by atoms with Crippen molar-refractivity contribution in [3.05, 3.63) is 35.9 Å². The zero-order valence-electron chi connectivity index (χ0n) is 20.4. The molecule has 1 aromatic carbocycles. The van der Waals surface area contributed by atoms with E-state index >= 15 is 0 Å². The second-order valence-corrected chi connectivity index (χ2v) is 8.98. The minimum Gasteiger partial charge on any atom is -0.367 e. The van der Waals surface area contributed by atoms with Gasteiger partial charge in [-0.25, -0.2) is 9.80 Å². The molecule has 1 aromatic rings. The van der Waals surface area contributed by atoms with Gasteiger partial charge in [0, 0.05) is 13.1 Å². The maximum absolute atomic E-state index is 13.5. The average Bonchev–Trinajstić information content (AvgIpc) is 2.83. The summed E-state index contributed by atoms with van der Waals surface area (Å²) in [7, 11) is 0. The highest BCUT2D eigenvalue weighted by Gasteiger charge is 2.51. The summed E-state index contributed by atoms with van der Waals surface area (Å²) in [5.41, 5.74) is 0.943. The van der Waals surface area contributed by atoms with Crippen molar-refractivity contribution in [1.82, 2.24) is 25.1 Å². The number of ether oxygens (including phenoxy) is 1. The number of fused-ring (bicyclic) bond motifs is 1. The van der Waals surface area contributed by atoms with E-state index < -0.39 is 12.2 Å². The Bertz CT molecular complexity index is 984. The van der Waals surface area contributed by atoms with Crippen LogP contribution >= 0.6 is 0 Å². The summed E-state index contributed by atoms with van der Waals surface area (Å²) in [5, 5.41) is 6.00. The number of nitrogens with zero attached hydrogens (tertiary/aromatic N) is 4. The summed E-state index contributed by atoms with van der Waals surface area (Å²) in [4.78, 5) is 43.3. The molecular weight excluding hydrogens is 446 g/mol. The third-order valence-corrected chi connectivity index (χ3v) is 5.98. The largest absolute Gasteiger partial charge is 0.367 e. The molecule has 0 bridgehead atoms. The Labute approximate surface area is 207 Å². The van der Waals surface area contributed by atoms with E-state index in [0.717, 1.165) is 5.56 Å². The van der Waals surface area contributed by atoms with Crippen LogP contribution < -0.4 is 5.32 Å². The molecule has 2 aliphatic rings. The highest BCUT2D eigenvalue weighted by Crippen LogP contribution is 2.29. The number of hydrazine groups is 1. The van der Waals surface area contributed by atoms with E-state index in [1.807, 2.05) is 44.2 Å². The van der Waals surface area contributed by atoms with Gasteiger partial charge in [0.15, 0.2) is 0 Å². The topological polar surface area (TPSA) is 85.4 Å². The van der Waals surface area contributed by atoms with Crippen LogP contribution in [-0.2, 0) is 20.9 Å². The van der Waals surface area contributed by atoms with Gasteiger partial charge in [-0.15, -0.1) is 12.8 Å². The number of amides is 4. The Kier molecular flexibility index (Phi) is 9.13. The van der Waals surface area contributed by atoms with Crippen LogP contribution in [0.3, 0.4) is 0 Å². The lowest BCUT2D eigenvalue weighted by molar-refractivity contribution is -0.190. The number of carbonyl (C=O) groups is 3. The Hall–Kier alpha value is -3.53. The first-order valence-corrected chi connectivity index (χ1v) is 11.8. The van der Waals surface area contributed by atoms with Gasteiger partial charge in [-0.1, -0.05) is 56.0 Å². The number of hydrogen-bond donors (Lipinski definition) is 1. The Morgan fingerprint density at radius 1 is 1.20 bits per heavy atom. The van der Waals surface area contributed by atoms with E-state index in [0.29, 0.717) is 19.5 Å². The van der Waals surface area contributed by atoms with E-state index in [2.05, 4.69) is 17.2 Å². The molecular formula is C26H33N5O4. The van der Waals surface area contributed by atoms with Crippen molar-refractivity contribution < 1.29 is 19.1 Å². The van der Waals surface area contributed by atoms with Gasteiger partial charge in [0.1, 0.15) is 18.8 Å². The molecule has 2 atom stereocenters. The van der Waals surface area contributed by atoms with Crippen LogP contribution in [0.1, 0.15) is 25.8 Å². The smallest absolute Gasteiger partial charge is 0.334 e. The quantitative estimate of drug-likeness (QED) is 0.424. The van der Waals surface area contributed by atoms with Gasteiger partial charge >= 0.3 is 6.03 Å². The molecule has 1 N–H and O–H groups in total. The lowest BCUT2D eigenvalue weighted by Gasteiger charge is -2.55. The number of piperazine rings is 1. The molecule has 2 heterocycles. The molecule has 9 nitrogen and oxygen atoms in total. The van der Waals surface area contributed by atoms with Crippen LogP contribution in [-0.4, -0.2) is 89.3 Å². The molecule has 2 aliphatic heterocycles.